The largest absolute Gasteiger partial charge is 0.379 e. The van der Waals surface area contributed by atoms with Crippen LogP contribution in [-0.4, -0.2) is 60.0 Å². The minimum atomic E-state index is -0.0944. The molecule has 6 nitrogen and oxygen atoms in total. The zero-order chi connectivity index (χ0) is 21.3. The van der Waals surface area contributed by atoms with Crippen LogP contribution >= 0.6 is 0 Å². The number of carbonyl (C=O) groups excluding carboxylic acids is 1. The fraction of sp³-hybridized carbons (Fsp3) is 0.280. The second-order valence-corrected chi connectivity index (χ2v) is 7.56. The van der Waals surface area contributed by atoms with Crippen molar-refractivity contribution in [3.63, 3.8) is 0 Å². The van der Waals surface area contributed by atoms with E-state index in [4.69, 9.17) is 9.84 Å². The normalized spacial score (nSPS) is 14.7. The predicted octanol–water partition coefficient (Wildman–Crippen LogP) is 3.06. The van der Waals surface area contributed by atoms with Crippen molar-refractivity contribution in [2.24, 2.45) is 0 Å². The minimum Gasteiger partial charge on any atom is -0.379 e. The molecule has 1 aliphatic heterocycles. The van der Waals surface area contributed by atoms with Crippen LogP contribution < -0.4 is 5.32 Å². The molecule has 160 valence electrons. The van der Waals surface area contributed by atoms with Crippen molar-refractivity contribution >= 4 is 12.0 Å². The van der Waals surface area contributed by atoms with E-state index in [1.807, 2.05) is 65.5 Å². The number of rotatable bonds is 8. The van der Waals surface area contributed by atoms with Crippen molar-refractivity contribution in [3.05, 3.63) is 84.1 Å². The highest BCUT2D eigenvalue weighted by Crippen LogP contribution is 2.23. The Balaban J connectivity index is 1.43. The molecule has 2 aromatic carbocycles. The smallest absolute Gasteiger partial charge is 0.244 e. The quantitative estimate of drug-likeness (QED) is 0.574. The maximum absolute atomic E-state index is 12.3. The molecule has 0 bridgehead atoms. The summed E-state index contributed by atoms with van der Waals surface area (Å²) in [6, 6.07) is 20.3. The fourth-order valence-corrected chi connectivity index (χ4v) is 3.62. The van der Waals surface area contributed by atoms with E-state index in [2.05, 4.69) is 22.3 Å². The molecule has 2 heterocycles. The van der Waals surface area contributed by atoms with E-state index in [0.717, 1.165) is 49.7 Å². The zero-order valence-corrected chi connectivity index (χ0v) is 17.6. The van der Waals surface area contributed by atoms with Gasteiger partial charge in [0.25, 0.3) is 0 Å². The molecule has 0 spiro atoms. The van der Waals surface area contributed by atoms with E-state index in [9.17, 15) is 4.79 Å². The molecule has 1 amide bonds. The van der Waals surface area contributed by atoms with Crippen LogP contribution in [0.25, 0.3) is 17.3 Å². The average Bonchev–Trinajstić information content (AvgIpc) is 3.22. The van der Waals surface area contributed by atoms with Crippen LogP contribution in [0.2, 0.25) is 0 Å². The Bertz CT molecular complexity index is 993. The lowest BCUT2D eigenvalue weighted by Crippen LogP contribution is -2.41. The van der Waals surface area contributed by atoms with Crippen LogP contribution in [0.3, 0.4) is 0 Å². The third kappa shape index (κ3) is 6.13. The molecule has 4 rings (SSSR count). The van der Waals surface area contributed by atoms with E-state index < -0.39 is 0 Å². The van der Waals surface area contributed by atoms with Gasteiger partial charge in [-0.1, -0.05) is 60.7 Å². The van der Waals surface area contributed by atoms with Gasteiger partial charge in [0.1, 0.15) is 0 Å². The Morgan fingerprint density at radius 3 is 2.48 bits per heavy atom. The van der Waals surface area contributed by atoms with Gasteiger partial charge in [-0.2, -0.15) is 5.10 Å². The number of nitrogens with zero attached hydrogens (tertiary/aromatic N) is 3. The molecule has 0 radical (unpaired) electrons. The molecular weight excluding hydrogens is 388 g/mol. The second-order valence-electron chi connectivity index (χ2n) is 7.56. The fourth-order valence-electron chi connectivity index (χ4n) is 3.62. The lowest BCUT2D eigenvalue weighted by Gasteiger charge is -2.26. The Morgan fingerprint density at radius 1 is 1.03 bits per heavy atom. The number of carbonyl (C=O) groups is 1. The minimum absolute atomic E-state index is 0.0944. The highest BCUT2D eigenvalue weighted by atomic mass is 16.5. The first kappa shape index (κ1) is 21.0. The SMILES string of the molecule is O=C(/C=C/c1cn(Cc2ccccc2)nc1-c1ccccc1)NCCN1CCOCC1. The van der Waals surface area contributed by atoms with Gasteiger partial charge >= 0.3 is 0 Å². The first-order chi connectivity index (χ1) is 15.3. The number of ether oxygens (including phenoxy) is 1. The van der Waals surface area contributed by atoms with Crippen molar-refractivity contribution < 1.29 is 9.53 Å². The topological polar surface area (TPSA) is 59.4 Å². The highest BCUT2D eigenvalue weighted by Gasteiger charge is 2.11. The van der Waals surface area contributed by atoms with Crippen molar-refractivity contribution in [1.82, 2.24) is 20.0 Å². The molecule has 31 heavy (non-hydrogen) atoms. The number of morpholine rings is 1. The summed E-state index contributed by atoms with van der Waals surface area (Å²) in [7, 11) is 0. The number of nitrogens with one attached hydrogen (secondary N) is 1. The Hall–Kier alpha value is -3.22. The molecule has 0 aliphatic carbocycles. The monoisotopic (exact) mass is 416 g/mol. The lowest BCUT2D eigenvalue weighted by molar-refractivity contribution is -0.116. The number of hydrogen-bond acceptors (Lipinski definition) is 4. The van der Waals surface area contributed by atoms with E-state index in [1.54, 1.807) is 6.08 Å². The molecule has 1 fully saturated rings. The first-order valence-corrected chi connectivity index (χ1v) is 10.7. The van der Waals surface area contributed by atoms with Crippen molar-refractivity contribution in [3.8, 4) is 11.3 Å². The zero-order valence-electron chi connectivity index (χ0n) is 17.6. The van der Waals surface area contributed by atoms with Crippen LogP contribution in [0, 0.1) is 0 Å². The summed E-state index contributed by atoms with van der Waals surface area (Å²) in [6.07, 6.45) is 5.43. The van der Waals surface area contributed by atoms with Crippen LogP contribution in [0.5, 0.6) is 0 Å². The number of hydrogen-bond donors (Lipinski definition) is 1. The molecule has 0 saturated carbocycles. The Morgan fingerprint density at radius 2 is 1.74 bits per heavy atom. The molecule has 1 saturated heterocycles. The second kappa shape index (κ2) is 10.7. The van der Waals surface area contributed by atoms with E-state index in [-0.39, 0.29) is 5.91 Å². The predicted molar refractivity (Wildman–Crippen MR) is 123 cm³/mol. The van der Waals surface area contributed by atoms with Gasteiger partial charge in [0.05, 0.1) is 25.5 Å². The third-order valence-electron chi connectivity index (χ3n) is 5.27. The maximum atomic E-state index is 12.3. The van der Waals surface area contributed by atoms with Crippen LogP contribution in [-0.2, 0) is 16.1 Å². The lowest BCUT2D eigenvalue weighted by atomic mass is 10.1. The summed E-state index contributed by atoms with van der Waals surface area (Å²) >= 11 is 0. The van der Waals surface area contributed by atoms with E-state index >= 15 is 0 Å². The molecule has 0 unspecified atom stereocenters. The average molecular weight is 417 g/mol. The van der Waals surface area contributed by atoms with Gasteiger partial charge in [-0.05, 0) is 11.6 Å². The van der Waals surface area contributed by atoms with Gasteiger partial charge in [-0.25, -0.2) is 0 Å². The van der Waals surface area contributed by atoms with Gasteiger partial charge in [-0.3, -0.25) is 14.4 Å². The van der Waals surface area contributed by atoms with Gasteiger partial charge < -0.3 is 10.1 Å². The molecular formula is C25H28N4O2. The summed E-state index contributed by atoms with van der Waals surface area (Å²) < 4.78 is 7.28. The summed E-state index contributed by atoms with van der Waals surface area (Å²) in [6.45, 7) is 5.53. The van der Waals surface area contributed by atoms with Crippen LogP contribution in [0.15, 0.2) is 72.9 Å². The van der Waals surface area contributed by atoms with E-state index in [1.165, 1.54) is 5.56 Å². The summed E-state index contributed by atoms with van der Waals surface area (Å²) in [4.78, 5) is 14.6. The molecule has 1 aromatic heterocycles. The van der Waals surface area contributed by atoms with Crippen LogP contribution in [0.1, 0.15) is 11.1 Å². The third-order valence-corrected chi connectivity index (χ3v) is 5.27. The Labute approximate surface area is 183 Å². The van der Waals surface area contributed by atoms with Crippen LogP contribution in [0.4, 0.5) is 0 Å². The van der Waals surface area contributed by atoms with Gasteiger partial charge in [0, 0.05) is 49.6 Å². The van der Waals surface area contributed by atoms with Gasteiger partial charge in [0.15, 0.2) is 0 Å². The van der Waals surface area contributed by atoms with Gasteiger partial charge in [0.2, 0.25) is 5.91 Å². The molecule has 1 N–H and O–H groups in total. The molecule has 0 atom stereocenters. The number of amides is 1. The maximum Gasteiger partial charge on any atom is 0.244 e. The Kier molecular flexibility index (Phi) is 7.26. The molecule has 3 aromatic rings. The van der Waals surface area contributed by atoms with Gasteiger partial charge in [-0.15, -0.1) is 0 Å². The number of aromatic nitrogens is 2. The highest BCUT2D eigenvalue weighted by molar-refractivity contribution is 5.92. The van der Waals surface area contributed by atoms with E-state index in [0.29, 0.717) is 13.1 Å². The van der Waals surface area contributed by atoms with Crippen molar-refractivity contribution in [2.75, 3.05) is 39.4 Å². The summed E-state index contributed by atoms with van der Waals surface area (Å²) in [5.41, 5.74) is 4.00. The van der Waals surface area contributed by atoms with Crippen molar-refractivity contribution in [2.45, 2.75) is 6.54 Å². The summed E-state index contributed by atoms with van der Waals surface area (Å²) in [5.74, 6) is -0.0944. The summed E-state index contributed by atoms with van der Waals surface area (Å²) in [5, 5.41) is 7.76. The van der Waals surface area contributed by atoms with Crippen molar-refractivity contribution in [1.29, 1.82) is 0 Å². The first-order valence-electron chi connectivity index (χ1n) is 10.7. The molecule has 1 aliphatic rings. The number of benzene rings is 2. The standard InChI is InChI=1S/C25H28N4O2/c30-24(26-13-14-28-15-17-31-18-16-28)12-11-23-20-29(19-21-7-3-1-4-8-21)27-25(23)22-9-5-2-6-10-22/h1-12,20H,13-19H2,(H,26,30)/b12-11+. The molecule has 6 heteroatoms.